The largest absolute Gasteiger partial charge is 0.330 e. The van der Waals surface area contributed by atoms with Crippen LogP contribution in [0.4, 0.5) is 5.69 Å². The zero-order chi connectivity index (χ0) is 26.3. The predicted molar refractivity (Wildman–Crippen MR) is 143 cm³/mol. The van der Waals surface area contributed by atoms with Crippen molar-refractivity contribution in [3.8, 4) is 0 Å². The summed E-state index contributed by atoms with van der Waals surface area (Å²) in [6.07, 6.45) is 2.45. The van der Waals surface area contributed by atoms with E-state index in [9.17, 15) is 23.3 Å². The van der Waals surface area contributed by atoms with E-state index in [4.69, 9.17) is 23.2 Å². The fourth-order valence-electron chi connectivity index (χ4n) is 4.61. The Labute approximate surface area is 228 Å². The summed E-state index contributed by atoms with van der Waals surface area (Å²) in [5.41, 5.74) is 1.50. The molecule has 1 aromatic heterocycles. The molecule has 1 atom stereocenters. The van der Waals surface area contributed by atoms with Crippen molar-refractivity contribution in [2.24, 2.45) is 5.92 Å². The Morgan fingerprint density at radius 2 is 1.84 bits per heavy atom. The quantitative estimate of drug-likeness (QED) is 0.257. The van der Waals surface area contributed by atoms with Crippen LogP contribution in [-0.2, 0) is 21.2 Å². The summed E-state index contributed by atoms with van der Waals surface area (Å²) < 4.78 is 28.3. The highest BCUT2D eigenvalue weighted by atomic mass is 35.5. The van der Waals surface area contributed by atoms with Gasteiger partial charge in [-0.25, -0.2) is 8.42 Å². The standard InChI is InChI=1S/C25H23Cl2N3O5S2/c26-17-3-8-20(22(27)13-17)25-21-10-12-36-23(21)9-11-29(25)24(31)15-28(14-16-1-2-16)37(34,35)19-6-4-18(5-7-19)30(32)33/h3-8,10,12-13,16,25H,1-2,9,11,14-15H2. The molecule has 12 heteroatoms. The monoisotopic (exact) mass is 579 g/mol. The molecule has 1 aliphatic carbocycles. The Hall–Kier alpha value is -2.50. The topological polar surface area (TPSA) is 101 Å². The van der Waals surface area contributed by atoms with Gasteiger partial charge in [-0.15, -0.1) is 11.3 Å². The van der Waals surface area contributed by atoms with Crippen LogP contribution < -0.4 is 0 Å². The van der Waals surface area contributed by atoms with Crippen LogP contribution >= 0.6 is 34.5 Å². The van der Waals surface area contributed by atoms with Gasteiger partial charge >= 0.3 is 0 Å². The van der Waals surface area contributed by atoms with Crippen molar-refractivity contribution in [1.82, 2.24) is 9.21 Å². The van der Waals surface area contributed by atoms with Gasteiger partial charge in [-0.1, -0.05) is 29.3 Å². The van der Waals surface area contributed by atoms with E-state index in [0.29, 0.717) is 23.0 Å². The van der Waals surface area contributed by atoms with E-state index >= 15 is 0 Å². The Kier molecular flexibility index (Phi) is 7.30. The summed E-state index contributed by atoms with van der Waals surface area (Å²) >= 11 is 14.3. The maximum atomic E-state index is 13.8. The Morgan fingerprint density at radius 1 is 1.11 bits per heavy atom. The second-order valence-corrected chi connectivity index (χ2v) is 13.0. The third-order valence-corrected chi connectivity index (χ3v) is 10.1. The van der Waals surface area contributed by atoms with Gasteiger partial charge in [0.05, 0.1) is 22.4 Å². The number of carbonyl (C=O) groups is 1. The molecule has 194 valence electrons. The molecular formula is C25H23Cl2N3O5S2. The molecule has 0 bridgehead atoms. The van der Waals surface area contributed by atoms with E-state index in [1.165, 1.54) is 16.4 Å². The summed E-state index contributed by atoms with van der Waals surface area (Å²) in [5, 5.41) is 13.9. The van der Waals surface area contributed by atoms with Gasteiger partial charge in [0.15, 0.2) is 0 Å². The lowest BCUT2D eigenvalue weighted by Gasteiger charge is -2.38. The fraction of sp³-hybridized carbons (Fsp3) is 0.320. The van der Waals surface area contributed by atoms with Crippen molar-refractivity contribution >= 4 is 56.2 Å². The highest BCUT2D eigenvalue weighted by Gasteiger charge is 2.38. The first-order valence-corrected chi connectivity index (χ1v) is 14.8. The lowest BCUT2D eigenvalue weighted by atomic mass is 9.93. The summed E-state index contributed by atoms with van der Waals surface area (Å²) in [7, 11) is -4.06. The molecule has 0 N–H and O–H groups in total. The van der Waals surface area contributed by atoms with E-state index in [0.717, 1.165) is 41.0 Å². The summed E-state index contributed by atoms with van der Waals surface area (Å²) in [6.45, 7) is 0.302. The number of non-ortho nitro benzene ring substituents is 1. The van der Waals surface area contributed by atoms with E-state index < -0.39 is 21.0 Å². The molecule has 0 radical (unpaired) electrons. The minimum atomic E-state index is -4.06. The number of hydrogen-bond donors (Lipinski definition) is 0. The van der Waals surface area contributed by atoms with Gasteiger partial charge in [0.25, 0.3) is 5.69 Å². The third kappa shape index (κ3) is 5.39. The Morgan fingerprint density at radius 3 is 2.49 bits per heavy atom. The second-order valence-electron chi connectivity index (χ2n) is 9.20. The molecule has 1 amide bonds. The van der Waals surface area contributed by atoms with Crippen LogP contribution in [0.15, 0.2) is 58.8 Å². The van der Waals surface area contributed by atoms with Crippen LogP contribution in [0.25, 0.3) is 0 Å². The van der Waals surface area contributed by atoms with Crippen molar-refractivity contribution < 1.29 is 18.1 Å². The number of sulfonamides is 1. The number of thiophene rings is 1. The van der Waals surface area contributed by atoms with Gasteiger partial charge in [0.1, 0.15) is 0 Å². The first-order valence-electron chi connectivity index (χ1n) is 11.7. The minimum absolute atomic E-state index is 0.0809. The molecule has 8 nitrogen and oxygen atoms in total. The summed E-state index contributed by atoms with van der Waals surface area (Å²) in [4.78, 5) is 27.0. The zero-order valence-corrected chi connectivity index (χ0v) is 22.7. The van der Waals surface area contributed by atoms with Gasteiger partial charge in [0.2, 0.25) is 15.9 Å². The Bertz CT molecular complexity index is 1460. The number of hydrogen-bond acceptors (Lipinski definition) is 6. The van der Waals surface area contributed by atoms with Crippen LogP contribution in [0, 0.1) is 16.0 Å². The van der Waals surface area contributed by atoms with E-state index in [2.05, 4.69) is 0 Å². The maximum Gasteiger partial charge on any atom is 0.269 e. The van der Waals surface area contributed by atoms with Gasteiger partial charge in [-0.3, -0.25) is 14.9 Å². The SMILES string of the molecule is O=C(CN(CC1CC1)S(=O)(=O)c1ccc([N+](=O)[O-])cc1)N1CCc2sccc2C1c1ccc(Cl)cc1Cl. The number of carbonyl (C=O) groups excluding carboxylic acids is 1. The van der Waals surface area contributed by atoms with E-state index in [1.807, 2.05) is 11.4 Å². The molecular weight excluding hydrogens is 557 g/mol. The van der Waals surface area contributed by atoms with Crippen molar-refractivity contribution in [3.63, 3.8) is 0 Å². The third-order valence-electron chi connectivity index (χ3n) is 6.70. The van der Waals surface area contributed by atoms with Crippen LogP contribution in [0.2, 0.25) is 10.0 Å². The molecule has 1 saturated carbocycles. The maximum absolute atomic E-state index is 13.8. The summed E-state index contributed by atoms with van der Waals surface area (Å²) in [6, 6.07) is 11.4. The average molecular weight is 581 g/mol. The minimum Gasteiger partial charge on any atom is -0.330 e. The number of fused-ring (bicyclic) bond motifs is 1. The Balaban J connectivity index is 1.46. The number of amides is 1. The van der Waals surface area contributed by atoms with Crippen LogP contribution in [0.1, 0.15) is 34.9 Å². The van der Waals surface area contributed by atoms with Crippen molar-refractivity contribution in [2.75, 3.05) is 19.6 Å². The first-order chi connectivity index (χ1) is 17.6. The van der Waals surface area contributed by atoms with E-state index in [-0.39, 0.29) is 35.5 Å². The number of nitro benzene ring substituents is 1. The van der Waals surface area contributed by atoms with Crippen LogP contribution in [0.5, 0.6) is 0 Å². The molecule has 0 spiro atoms. The zero-order valence-electron chi connectivity index (χ0n) is 19.5. The average Bonchev–Trinajstić information content (AvgIpc) is 3.55. The first kappa shape index (κ1) is 26.1. The molecule has 37 heavy (non-hydrogen) atoms. The molecule has 1 fully saturated rings. The van der Waals surface area contributed by atoms with Gasteiger partial charge < -0.3 is 4.90 Å². The molecule has 2 heterocycles. The lowest BCUT2D eigenvalue weighted by Crippen LogP contribution is -2.47. The van der Waals surface area contributed by atoms with Gasteiger partial charge in [-0.05, 0) is 72.0 Å². The van der Waals surface area contributed by atoms with Gasteiger partial charge in [-0.2, -0.15) is 4.31 Å². The number of halogens is 2. The molecule has 2 aromatic carbocycles. The number of rotatable bonds is 8. The van der Waals surface area contributed by atoms with Crippen molar-refractivity contribution in [3.05, 3.63) is 90.1 Å². The van der Waals surface area contributed by atoms with Crippen molar-refractivity contribution in [2.45, 2.75) is 30.2 Å². The number of benzene rings is 2. The van der Waals surface area contributed by atoms with Crippen LogP contribution in [-0.4, -0.2) is 48.1 Å². The van der Waals surface area contributed by atoms with E-state index in [1.54, 1.807) is 34.4 Å². The highest BCUT2D eigenvalue weighted by Crippen LogP contribution is 2.41. The smallest absolute Gasteiger partial charge is 0.269 e. The summed E-state index contributed by atoms with van der Waals surface area (Å²) in [5.74, 6) is -0.147. The number of nitro groups is 1. The molecule has 3 aromatic rings. The fourth-order valence-corrected chi connectivity index (χ4v) is 7.49. The normalized spacial score (nSPS) is 17.6. The second kappa shape index (κ2) is 10.3. The lowest BCUT2D eigenvalue weighted by molar-refractivity contribution is -0.384. The van der Waals surface area contributed by atoms with Gasteiger partial charge in [0, 0.05) is 40.1 Å². The molecule has 0 saturated heterocycles. The molecule has 5 rings (SSSR count). The highest BCUT2D eigenvalue weighted by molar-refractivity contribution is 7.89. The predicted octanol–water partition coefficient (Wildman–Crippen LogP) is 5.54. The van der Waals surface area contributed by atoms with Crippen LogP contribution in [0.3, 0.4) is 0 Å². The molecule has 1 aliphatic heterocycles. The molecule has 2 aliphatic rings. The van der Waals surface area contributed by atoms with Crippen molar-refractivity contribution in [1.29, 1.82) is 0 Å². The number of nitrogens with zero attached hydrogens (tertiary/aromatic N) is 3. The molecule has 1 unspecified atom stereocenters.